The fourth-order valence-electron chi connectivity index (χ4n) is 1.65. The molecule has 2 aromatic carbocycles. The quantitative estimate of drug-likeness (QED) is 0.655. The van der Waals surface area contributed by atoms with Crippen molar-refractivity contribution in [1.29, 1.82) is 0 Å². The summed E-state index contributed by atoms with van der Waals surface area (Å²) in [5, 5.41) is 2.29. The maximum atomic E-state index is 13.0. The summed E-state index contributed by atoms with van der Waals surface area (Å²) in [7, 11) is 0. The van der Waals surface area contributed by atoms with E-state index >= 15 is 0 Å². The lowest BCUT2D eigenvalue weighted by atomic mass is 10.1. The van der Waals surface area contributed by atoms with Crippen LogP contribution in [0.1, 0.15) is 15.9 Å². The molecule has 0 saturated carbocycles. The molecule has 0 fully saturated rings. The van der Waals surface area contributed by atoms with Gasteiger partial charge in [-0.05, 0) is 30.7 Å². The highest BCUT2D eigenvalue weighted by Gasteiger charge is 2.13. The van der Waals surface area contributed by atoms with Crippen molar-refractivity contribution < 1.29 is 18.0 Å². The fraction of sp³-hybridized carbons (Fsp3) is 0.0714. The molecule has 0 spiro atoms. The molecule has 104 valence electrons. The Morgan fingerprint density at radius 2 is 1.70 bits per heavy atom. The minimum atomic E-state index is -1.58. The van der Waals surface area contributed by atoms with Crippen LogP contribution < -0.4 is 11.1 Å². The minimum absolute atomic E-state index is 0.166. The smallest absolute Gasteiger partial charge is 0.255 e. The molecule has 20 heavy (non-hydrogen) atoms. The summed E-state index contributed by atoms with van der Waals surface area (Å²) in [6.45, 7) is 1.73. The lowest BCUT2D eigenvalue weighted by molar-refractivity contribution is 0.102. The van der Waals surface area contributed by atoms with Crippen LogP contribution in [0, 0.1) is 24.4 Å². The second-order valence-electron chi connectivity index (χ2n) is 4.28. The van der Waals surface area contributed by atoms with Gasteiger partial charge in [0.2, 0.25) is 0 Å². The highest BCUT2D eigenvalue weighted by molar-refractivity contribution is 6.04. The third-order valence-electron chi connectivity index (χ3n) is 2.77. The molecule has 0 unspecified atom stereocenters. The van der Waals surface area contributed by atoms with Crippen molar-refractivity contribution >= 4 is 17.3 Å². The van der Waals surface area contributed by atoms with Crippen LogP contribution in [-0.4, -0.2) is 5.91 Å². The van der Waals surface area contributed by atoms with Crippen LogP contribution in [0.15, 0.2) is 30.3 Å². The predicted molar refractivity (Wildman–Crippen MR) is 69.9 cm³/mol. The van der Waals surface area contributed by atoms with Gasteiger partial charge in [0.15, 0.2) is 17.5 Å². The first-order valence-electron chi connectivity index (χ1n) is 5.70. The average Bonchev–Trinajstić information content (AvgIpc) is 2.39. The molecule has 3 nitrogen and oxygen atoms in total. The number of anilines is 2. The predicted octanol–water partition coefficient (Wildman–Crippen LogP) is 3.25. The molecule has 0 aromatic heterocycles. The van der Waals surface area contributed by atoms with Crippen molar-refractivity contribution in [2.45, 2.75) is 6.92 Å². The van der Waals surface area contributed by atoms with Gasteiger partial charge in [-0.3, -0.25) is 4.79 Å². The normalized spacial score (nSPS) is 10.4. The lowest BCUT2D eigenvalue weighted by Gasteiger charge is -2.08. The number of nitrogens with two attached hydrogens (primary N) is 1. The Bertz CT molecular complexity index is 663. The zero-order valence-corrected chi connectivity index (χ0v) is 10.5. The fourth-order valence-corrected chi connectivity index (χ4v) is 1.65. The Balaban J connectivity index is 2.25. The van der Waals surface area contributed by atoms with Crippen molar-refractivity contribution in [3.8, 4) is 0 Å². The molecular formula is C14H11F3N2O. The Morgan fingerprint density at radius 1 is 1.10 bits per heavy atom. The number of carbonyl (C=O) groups excluding carboxylic acids is 1. The van der Waals surface area contributed by atoms with Gasteiger partial charge in [0.25, 0.3) is 5.91 Å². The molecule has 0 aliphatic heterocycles. The van der Waals surface area contributed by atoms with E-state index in [2.05, 4.69) is 5.32 Å². The first-order chi connectivity index (χ1) is 9.38. The molecule has 0 atom stereocenters. The number of nitrogen functional groups attached to an aromatic ring is 1. The van der Waals surface area contributed by atoms with Gasteiger partial charge in [-0.25, -0.2) is 13.2 Å². The van der Waals surface area contributed by atoms with Crippen LogP contribution in [0.5, 0.6) is 0 Å². The van der Waals surface area contributed by atoms with Crippen LogP contribution in [0.25, 0.3) is 0 Å². The molecule has 0 aliphatic rings. The first kappa shape index (κ1) is 13.9. The second-order valence-corrected chi connectivity index (χ2v) is 4.28. The molecule has 0 heterocycles. The second kappa shape index (κ2) is 5.24. The molecule has 1 amide bonds. The van der Waals surface area contributed by atoms with Gasteiger partial charge in [0.1, 0.15) is 0 Å². The standard InChI is InChI=1S/C14H11F3N2O/c1-7-4-8(2-3-12(7)18)14(20)19-9-5-10(15)13(17)11(16)6-9/h2-6H,18H2,1H3,(H,19,20). The molecule has 0 radical (unpaired) electrons. The summed E-state index contributed by atoms with van der Waals surface area (Å²) in [4.78, 5) is 11.9. The zero-order chi connectivity index (χ0) is 14.9. The molecule has 0 saturated heterocycles. The van der Waals surface area contributed by atoms with Gasteiger partial charge >= 0.3 is 0 Å². The number of amides is 1. The van der Waals surface area contributed by atoms with E-state index in [4.69, 9.17) is 5.73 Å². The molecule has 0 aliphatic carbocycles. The first-order valence-corrected chi connectivity index (χ1v) is 5.70. The largest absolute Gasteiger partial charge is 0.399 e. The third-order valence-corrected chi connectivity index (χ3v) is 2.77. The van der Waals surface area contributed by atoms with Gasteiger partial charge < -0.3 is 11.1 Å². The van der Waals surface area contributed by atoms with Crippen molar-refractivity contribution in [1.82, 2.24) is 0 Å². The summed E-state index contributed by atoms with van der Waals surface area (Å²) >= 11 is 0. The van der Waals surface area contributed by atoms with E-state index in [9.17, 15) is 18.0 Å². The van der Waals surface area contributed by atoms with E-state index in [1.54, 1.807) is 19.1 Å². The van der Waals surface area contributed by atoms with Gasteiger partial charge in [-0.15, -0.1) is 0 Å². The van der Waals surface area contributed by atoms with Crippen molar-refractivity contribution in [3.05, 3.63) is 58.9 Å². The number of aryl methyl sites for hydroxylation is 1. The van der Waals surface area contributed by atoms with Gasteiger partial charge in [0.05, 0.1) is 0 Å². The van der Waals surface area contributed by atoms with Crippen molar-refractivity contribution in [2.24, 2.45) is 0 Å². The molecule has 3 N–H and O–H groups in total. The topological polar surface area (TPSA) is 55.1 Å². The highest BCUT2D eigenvalue weighted by atomic mass is 19.2. The van der Waals surface area contributed by atoms with E-state index in [0.29, 0.717) is 23.4 Å². The summed E-state index contributed by atoms with van der Waals surface area (Å²) in [5.74, 6) is -4.88. The van der Waals surface area contributed by atoms with E-state index in [0.717, 1.165) is 0 Å². The Kier molecular flexibility index (Phi) is 3.65. The zero-order valence-electron chi connectivity index (χ0n) is 10.5. The summed E-state index contributed by atoms with van der Waals surface area (Å²) in [6, 6.07) is 5.99. The van der Waals surface area contributed by atoms with E-state index < -0.39 is 23.4 Å². The number of rotatable bonds is 2. The van der Waals surface area contributed by atoms with Crippen LogP contribution in [0.2, 0.25) is 0 Å². The van der Waals surface area contributed by atoms with Crippen molar-refractivity contribution in [2.75, 3.05) is 11.1 Å². The van der Waals surface area contributed by atoms with E-state index in [1.807, 2.05) is 0 Å². The molecular weight excluding hydrogens is 269 g/mol. The summed E-state index contributed by atoms with van der Waals surface area (Å²) in [5.41, 5.74) is 6.97. The highest BCUT2D eigenvalue weighted by Crippen LogP contribution is 2.19. The monoisotopic (exact) mass is 280 g/mol. The van der Waals surface area contributed by atoms with Crippen LogP contribution in [0.4, 0.5) is 24.5 Å². The maximum absolute atomic E-state index is 13.0. The number of carbonyl (C=O) groups is 1. The maximum Gasteiger partial charge on any atom is 0.255 e. The summed E-state index contributed by atoms with van der Waals surface area (Å²) < 4.78 is 38.8. The van der Waals surface area contributed by atoms with E-state index in [1.165, 1.54) is 6.07 Å². The minimum Gasteiger partial charge on any atom is -0.399 e. The van der Waals surface area contributed by atoms with E-state index in [-0.39, 0.29) is 11.3 Å². The number of hydrogen-bond donors (Lipinski definition) is 2. The van der Waals surface area contributed by atoms with Crippen LogP contribution >= 0.6 is 0 Å². The van der Waals surface area contributed by atoms with Gasteiger partial charge in [0, 0.05) is 29.1 Å². The molecule has 2 rings (SSSR count). The van der Waals surface area contributed by atoms with Crippen LogP contribution in [-0.2, 0) is 0 Å². The van der Waals surface area contributed by atoms with Crippen molar-refractivity contribution in [3.63, 3.8) is 0 Å². The SMILES string of the molecule is Cc1cc(C(=O)Nc2cc(F)c(F)c(F)c2)ccc1N. The Labute approximate surface area is 113 Å². The number of halogens is 3. The number of nitrogens with one attached hydrogen (secondary N) is 1. The molecule has 0 bridgehead atoms. The molecule has 6 heteroatoms. The van der Waals surface area contributed by atoms with Gasteiger partial charge in [-0.2, -0.15) is 0 Å². The Morgan fingerprint density at radius 3 is 2.25 bits per heavy atom. The van der Waals surface area contributed by atoms with Crippen LogP contribution in [0.3, 0.4) is 0 Å². The van der Waals surface area contributed by atoms with Gasteiger partial charge in [-0.1, -0.05) is 0 Å². The Hall–Kier alpha value is -2.50. The molecule has 2 aromatic rings. The average molecular weight is 280 g/mol. The number of hydrogen-bond acceptors (Lipinski definition) is 2. The summed E-state index contributed by atoms with van der Waals surface area (Å²) in [6.07, 6.45) is 0. The lowest BCUT2D eigenvalue weighted by Crippen LogP contribution is -2.13. The third kappa shape index (κ3) is 2.74. The number of benzene rings is 2.